The van der Waals surface area contributed by atoms with E-state index in [2.05, 4.69) is 9.83 Å². The predicted molar refractivity (Wildman–Crippen MR) is 58.5 cm³/mol. The van der Waals surface area contributed by atoms with Gasteiger partial charge in [0.05, 0.1) is 17.3 Å². The van der Waals surface area contributed by atoms with Gasteiger partial charge in [-0.05, 0) is 12.5 Å². The molecule has 3 heteroatoms. The van der Waals surface area contributed by atoms with E-state index < -0.39 is 0 Å². The average Bonchev–Trinajstić information content (AvgIpc) is 2.65. The molecule has 0 spiro atoms. The molecule has 1 heterocycles. The highest BCUT2D eigenvalue weighted by molar-refractivity contribution is 7.09. The molecule has 68 valence electrons. The quantitative estimate of drug-likeness (QED) is 0.642. The summed E-state index contributed by atoms with van der Waals surface area (Å²) in [6, 6.07) is 7.50. The minimum absolute atomic E-state index is 0.667. The molecule has 0 saturated carbocycles. The lowest BCUT2D eigenvalue weighted by Crippen LogP contribution is -1.76. The Morgan fingerprint density at radius 3 is 2.50 bits per heavy atom. The average molecular weight is 200 g/mol. The maximum absolute atomic E-state index is 6.83. The minimum atomic E-state index is 0.667. The van der Waals surface area contributed by atoms with Crippen molar-refractivity contribution in [3.8, 4) is 11.3 Å². The Labute approximate surface area is 86.7 Å². The highest BCUT2D eigenvalue weighted by atomic mass is 32.1. The van der Waals surface area contributed by atoms with E-state index in [-0.39, 0.29) is 0 Å². The molecular formula is C11H8N2S. The van der Waals surface area contributed by atoms with Crippen molar-refractivity contribution in [2.75, 3.05) is 0 Å². The van der Waals surface area contributed by atoms with Crippen LogP contribution in [-0.2, 0) is 0 Å². The fourth-order valence-corrected chi connectivity index (χ4v) is 1.82. The summed E-state index contributed by atoms with van der Waals surface area (Å²) >= 11 is 1.64. The fourth-order valence-electron chi connectivity index (χ4n) is 1.20. The zero-order valence-corrected chi connectivity index (χ0v) is 8.51. The lowest BCUT2D eigenvalue weighted by Gasteiger charge is -1.95. The zero-order valence-electron chi connectivity index (χ0n) is 7.69. The van der Waals surface area contributed by atoms with Crippen molar-refractivity contribution in [2.24, 2.45) is 0 Å². The standard InChI is InChI=1S/C11H8N2S/c1-8-13-11(7-14-8)9-3-5-10(12-2)6-4-9/h3-7H,1H3. The van der Waals surface area contributed by atoms with Crippen LogP contribution in [0.15, 0.2) is 29.6 Å². The molecule has 0 fully saturated rings. The number of benzene rings is 1. The maximum atomic E-state index is 6.83. The van der Waals surface area contributed by atoms with Crippen molar-refractivity contribution in [2.45, 2.75) is 6.92 Å². The molecular weight excluding hydrogens is 192 g/mol. The third-order valence-corrected chi connectivity index (χ3v) is 2.68. The van der Waals surface area contributed by atoms with Gasteiger partial charge in [0.15, 0.2) is 5.69 Å². The van der Waals surface area contributed by atoms with E-state index in [1.165, 1.54) is 0 Å². The Bertz CT molecular complexity index is 477. The first-order valence-corrected chi connectivity index (χ1v) is 5.07. The number of thiazole rings is 1. The topological polar surface area (TPSA) is 17.2 Å². The number of hydrogen-bond acceptors (Lipinski definition) is 2. The van der Waals surface area contributed by atoms with Gasteiger partial charge in [-0.25, -0.2) is 9.83 Å². The molecule has 0 bridgehead atoms. The summed E-state index contributed by atoms with van der Waals surface area (Å²) < 4.78 is 0. The molecule has 0 saturated heterocycles. The summed E-state index contributed by atoms with van der Waals surface area (Å²) in [4.78, 5) is 7.72. The van der Waals surface area contributed by atoms with Crippen molar-refractivity contribution < 1.29 is 0 Å². The highest BCUT2D eigenvalue weighted by Crippen LogP contribution is 2.23. The molecule has 0 unspecified atom stereocenters. The van der Waals surface area contributed by atoms with Gasteiger partial charge in [-0.1, -0.05) is 24.3 Å². The molecule has 1 aromatic carbocycles. The van der Waals surface area contributed by atoms with Crippen LogP contribution in [0.5, 0.6) is 0 Å². The van der Waals surface area contributed by atoms with Gasteiger partial charge in [-0.15, -0.1) is 11.3 Å². The normalized spacial score (nSPS) is 9.71. The van der Waals surface area contributed by atoms with Gasteiger partial charge in [0, 0.05) is 5.38 Å². The minimum Gasteiger partial charge on any atom is -0.242 e. The first-order chi connectivity index (χ1) is 6.79. The van der Waals surface area contributed by atoms with Crippen LogP contribution >= 0.6 is 11.3 Å². The molecule has 2 nitrogen and oxygen atoms in total. The molecule has 0 atom stereocenters. The van der Waals surface area contributed by atoms with Crippen molar-refractivity contribution in [3.63, 3.8) is 0 Å². The summed E-state index contributed by atoms with van der Waals surface area (Å²) in [6.45, 7) is 8.82. The molecule has 1 aromatic heterocycles. The van der Waals surface area contributed by atoms with E-state index in [0.29, 0.717) is 5.69 Å². The van der Waals surface area contributed by atoms with E-state index in [4.69, 9.17) is 6.57 Å². The van der Waals surface area contributed by atoms with Crippen molar-refractivity contribution in [3.05, 3.63) is 46.1 Å². The van der Waals surface area contributed by atoms with Gasteiger partial charge in [0.1, 0.15) is 0 Å². The maximum Gasteiger partial charge on any atom is 0.187 e. The van der Waals surface area contributed by atoms with Crippen LogP contribution < -0.4 is 0 Å². The van der Waals surface area contributed by atoms with Crippen molar-refractivity contribution in [1.82, 2.24) is 4.98 Å². The van der Waals surface area contributed by atoms with Crippen LogP contribution in [0.2, 0.25) is 0 Å². The Morgan fingerprint density at radius 2 is 2.00 bits per heavy atom. The van der Waals surface area contributed by atoms with Crippen molar-refractivity contribution >= 4 is 17.0 Å². The molecule has 2 rings (SSSR count). The second-order valence-electron chi connectivity index (χ2n) is 2.91. The van der Waals surface area contributed by atoms with Gasteiger partial charge in [-0.3, -0.25) is 0 Å². The number of nitrogens with zero attached hydrogens (tertiary/aromatic N) is 2. The Balaban J connectivity index is 2.39. The van der Waals surface area contributed by atoms with Gasteiger partial charge in [-0.2, -0.15) is 0 Å². The first kappa shape index (κ1) is 8.92. The Hall–Kier alpha value is -1.66. The second kappa shape index (κ2) is 3.60. The Morgan fingerprint density at radius 1 is 1.29 bits per heavy atom. The molecule has 0 aliphatic rings. The summed E-state index contributed by atoms with van der Waals surface area (Å²) in [7, 11) is 0. The lowest BCUT2D eigenvalue weighted by atomic mass is 10.1. The highest BCUT2D eigenvalue weighted by Gasteiger charge is 2.01. The van der Waals surface area contributed by atoms with E-state index in [9.17, 15) is 0 Å². The van der Waals surface area contributed by atoms with Crippen LogP contribution in [0, 0.1) is 13.5 Å². The number of aryl methyl sites for hydroxylation is 1. The van der Waals surface area contributed by atoms with Gasteiger partial charge in [0.2, 0.25) is 0 Å². The molecule has 0 aliphatic carbocycles. The first-order valence-electron chi connectivity index (χ1n) is 4.19. The Kier molecular flexibility index (Phi) is 2.30. The van der Waals surface area contributed by atoms with Gasteiger partial charge < -0.3 is 0 Å². The SMILES string of the molecule is [C-]#[N+]c1ccc(-c2csc(C)n2)cc1. The summed E-state index contributed by atoms with van der Waals surface area (Å²) in [5.74, 6) is 0. The molecule has 0 amide bonds. The van der Waals surface area contributed by atoms with Crippen LogP contribution in [0.3, 0.4) is 0 Å². The summed E-state index contributed by atoms with van der Waals surface area (Å²) in [5, 5.41) is 3.09. The smallest absolute Gasteiger partial charge is 0.187 e. The summed E-state index contributed by atoms with van der Waals surface area (Å²) in [6.07, 6.45) is 0. The van der Waals surface area contributed by atoms with Crippen LogP contribution in [0.4, 0.5) is 5.69 Å². The third-order valence-electron chi connectivity index (χ3n) is 1.91. The predicted octanol–water partition coefficient (Wildman–Crippen LogP) is 3.67. The number of rotatable bonds is 1. The molecule has 0 radical (unpaired) electrons. The number of hydrogen-bond donors (Lipinski definition) is 0. The third kappa shape index (κ3) is 1.66. The molecule has 0 N–H and O–H groups in total. The fraction of sp³-hybridized carbons (Fsp3) is 0.0909. The van der Waals surface area contributed by atoms with Gasteiger partial charge >= 0.3 is 0 Å². The summed E-state index contributed by atoms with van der Waals surface area (Å²) in [5.41, 5.74) is 2.73. The number of aromatic nitrogens is 1. The second-order valence-corrected chi connectivity index (χ2v) is 3.97. The molecule has 2 aromatic rings. The van der Waals surface area contributed by atoms with Gasteiger partial charge in [0.25, 0.3) is 0 Å². The van der Waals surface area contributed by atoms with Crippen LogP contribution in [0.25, 0.3) is 16.1 Å². The van der Waals surface area contributed by atoms with Crippen LogP contribution in [0.1, 0.15) is 5.01 Å². The monoisotopic (exact) mass is 200 g/mol. The largest absolute Gasteiger partial charge is 0.242 e. The van der Waals surface area contributed by atoms with E-state index >= 15 is 0 Å². The van der Waals surface area contributed by atoms with Crippen molar-refractivity contribution in [1.29, 1.82) is 0 Å². The van der Waals surface area contributed by atoms with E-state index in [1.807, 2.05) is 36.6 Å². The zero-order chi connectivity index (χ0) is 9.97. The van der Waals surface area contributed by atoms with Crippen LogP contribution in [-0.4, -0.2) is 4.98 Å². The van der Waals surface area contributed by atoms with E-state index in [0.717, 1.165) is 16.3 Å². The molecule has 14 heavy (non-hydrogen) atoms. The lowest BCUT2D eigenvalue weighted by molar-refractivity contribution is 1.30. The molecule has 0 aliphatic heterocycles. The van der Waals surface area contributed by atoms with E-state index in [1.54, 1.807) is 11.3 Å².